The van der Waals surface area contributed by atoms with E-state index in [9.17, 15) is 27.1 Å². The van der Waals surface area contributed by atoms with Crippen LogP contribution in [-0.2, 0) is 11.5 Å². The quantitative estimate of drug-likeness (QED) is 0.713. The number of benzene rings is 1. The number of aliphatic hydroxyl groups is 1. The van der Waals surface area contributed by atoms with E-state index in [0.29, 0.717) is 6.07 Å². The Bertz CT molecular complexity index is 554. The molecule has 0 fully saturated rings. The minimum absolute atomic E-state index is 0.216. The highest BCUT2D eigenvalue weighted by atomic mass is 19.3. The van der Waals surface area contributed by atoms with Crippen LogP contribution >= 0.6 is 0 Å². The number of rotatable bonds is 0. The van der Waals surface area contributed by atoms with Crippen LogP contribution in [0.4, 0.5) is 22.0 Å². The van der Waals surface area contributed by atoms with Crippen LogP contribution in [0.25, 0.3) is 0 Å². The van der Waals surface area contributed by atoms with Crippen LogP contribution < -0.4 is 0 Å². The second-order valence-corrected chi connectivity index (χ2v) is 5.00. The molecule has 2 atom stereocenters. The summed E-state index contributed by atoms with van der Waals surface area (Å²) in [5, 5.41) is 9.97. The molecule has 0 radical (unpaired) electrons. The molecule has 6 heteroatoms. The number of alkyl halides is 4. The maximum absolute atomic E-state index is 13.8. The largest absolute Gasteiger partial charge is 0.378 e. The maximum Gasteiger partial charge on any atom is 0.346 e. The molecule has 18 heavy (non-hydrogen) atoms. The zero-order valence-corrected chi connectivity index (χ0v) is 9.28. The van der Waals surface area contributed by atoms with Crippen molar-refractivity contribution in [3.8, 4) is 0 Å². The molecule has 1 N–H and O–H groups in total. The zero-order valence-electron chi connectivity index (χ0n) is 9.28. The van der Waals surface area contributed by atoms with Crippen LogP contribution in [0, 0.1) is 5.82 Å². The lowest BCUT2D eigenvalue weighted by molar-refractivity contribution is -0.286. The summed E-state index contributed by atoms with van der Waals surface area (Å²) in [6.45, 7) is 1.43. The number of halogens is 5. The molecular formula is C12H9F5O. The predicted octanol–water partition coefficient (Wildman–Crippen LogP) is 3.26. The van der Waals surface area contributed by atoms with Gasteiger partial charge in [0, 0.05) is 11.1 Å². The van der Waals surface area contributed by atoms with Gasteiger partial charge < -0.3 is 5.11 Å². The average molecular weight is 264 g/mol. The smallest absolute Gasteiger partial charge is 0.346 e. The average Bonchev–Trinajstić information content (AvgIpc) is 2.58. The van der Waals surface area contributed by atoms with Crippen LogP contribution in [0.2, 0.25) is 0 Å². The van der Waals surface area contributed by atoms with Crippen LogP contribution in [0.3, 0.4) is 0 Å². The van der Waals surface area contributed by atoms with Crippen LogP contribution in [0.5, 0.6) is 0 Å². The van der Waals surface area contributed by atoms with Crippen molar-refractivity contribution in [2.24, 2.45) is 0 Å². The molecule has 0 amide bonds. The molecule has 0 saturated heterocycles. The van der Waals surface area contributed by atoms with Crippen LogP contribution in [0.1, 0.15) is 36.0 Å². The van der Waals surface area contributed by atoms with Crippen molar-refractivity contribution < 1.29 is 27.1 Å². The summed E-state index contributed by atoms with van der Waals surface area (Å²) < 4.78 is 68.5. The lowest BCUT2D eigenvalue weighted by Crippen LogP contribution is -2.48. The highest BCUT2D eigenvalue weighted by Crippen LogP contribution is 2.67. The van der Waals surface area contributed by atoms with Gasteiger partial charge in [-0.2, -0.15) is 17.6 Å². The molecule has 2 aliphatic rings. The van der Waals surface area contributed by atoms with Gasteiger partial charge in [0.1, 0.15) is 5.82 Å². The van der Waals surface area contributed by atoms with Gasteiger partial charge in [-0.15, -0.1) is 0 Å². The lowest BCUT2D eigenvalue weighted by Gasteiger charge is -2.30. The standard InChI is InChI=1S/C12H9F5O/c1-5-4-10(18)9-6(2-3-7(13)8(5)9)11(14,15)12(10,16)17/h2-3,5,18H,4H2,1H3. The Morgan fingerprint density at radius 1 is 1.22 bits per heavy atom. The van der Waals surface area contributed by atoms with Gasteiger partial charge in [-0.05, 0) is 30.0 Å². The van der Waals surface area contributed by atoms with Gasteiger partial charge in [0.05, 0.1) is 0 Å². The molecule has 1 aromatic rings. The second-order valence-electron chi connectivity index (χ2n) is 5.00. The van der Waals surface area contributed by atoms with Crippen molar-refractivity contribution in [3.05, 3.63) is 34.6 Å². The monoisotopic (exact) mass is 264 g/mol. The van der Waals surface area contributed by atoms with Crippen molar-refractivity contribution >= 4 is 0 Å². The molecule has 0 bridgehead atoms. The molecule has 3 rings (SSSR count). The first kappa shape index (κ1) is 11.9. The van der Waals surface area contributed by atoms with Gasteiger partial charge in [0.25, 0.3) is 0 Å². The Hall–Kier alpha value is -1.17. The third kappa shape index (κ3) is 0.944. The Labute approximate surface area is 99.2 Å². The maximum atomic E-state index is 13.8. The highest BCUT2D eigenvalue weighted by Gasteiger charge is 2.78. The fraction of sp³-hybridized carbons (Fsp3) is 0.500. The lowest BCUT2D eigenvalue weighted by atomic mass is 9.93. The van der Waals surface area contributed by atoms with Gasteiger partial charge in [0.2, 0.25) is 0 Å². The van der Waals surface area contributed by atoms with E-state index in [1.54, 1.807) is 0 Å². The Kier molecular flexibility index (Phi) is 1.90. The first-order valence-corrected chi connectivity index (χ1v) is 5.46. The van der Waals surface area contributed by atoms with E-state index in [0.717, 1.165) is 6.07 Å². The molecule has 0 saturated carbocycles. The van der Waals surface area contributed by atoms with Crippen LogP contribution in [0.15, 0.2) is 12.1 Å². The highest BCUT2D eigenvalue weighted by molar-refractivity contribution is 5.55. The Morgan fingerprint density at radius 2 is 1.83 bits per heavy atom. The van der Waals surface area contributed by atoms with E-state index >= 15 is 0 Å². The van der Waals surface area contributed by atoms with Crippen LogP contribution in [-0.4, -0.2) is 11.0 Å². The van der Waals surface area contributed by atoms with E-state index < -0.39 is 46.7 Å². The minimum Gasteiger partial charge on any atom is -0.378 e. The fourth-order valence-electron chi connectivity index (χ4n) is 3.14. The summed E-state index contributed by atoms with van der Waals surface area (Å²) in [5.74, 6) is -10.6. The van der Waals surface area contributed by atoms with E-state index in [2.05, 4.69) is 0 Å². The van der Waals surface area contributed by atoms with E-state index in [1.807, 2.05) is 0 Å². The molecule has 1 nitrogen and oxygen atoms in total. The molecule has 98 valence electrons. The normalized spacial score (nSPS) is 34.7. The molecular weight excluding hydrogens is 255 g/mol. The first-order valence-electron chi connectivity index (χ1n) is 5.46. The van der Waals surface area contributed by atoms with Crippen molar-refractivity contribution in [2.75, 3.05) is 0 Å². The second kappa shape index (κ2) is 2.87. The summed E-state index contributed by atoms with van der Waals surface area (Å²) in [6, 6.07) is 1.39. The molecule has 0 aliphatic heterocycles. The van der Waals surface area contributed by atoms with Gasteiger partial charge in [0.15, 0.2) is 5.60 Å². The van der Waals surface area contributed by atoms with Gasteiger partial charge >= 0.3 is 11.8 Å². The summed E-state index contributed by atoms with van der Waals surface area (Å²) in [6.07, 6.45) is -0.598. The van der Waals surface area contributed by atoms with Crippen molar-refractivity contribution in [1.29, 1.82) is 0 Å². The van der Waals surface area contributed by atoms with Crippen molar-refractivity contribution in [2.45, 2.75) is 36.7 Å². The minimum atomic E-state index is -4.62. The molecule has 2 unspecified atom stereocenters. The van der Waals surface area contributed by atoms with Gasteiger partial charge in [-0.25, -0.2) is 4.39 Å². The number of hydrogen-bond donors (Lipinski definition) is 1. The summed E-state index contributed by atoms with van der Waals surface area (Å²) in [4.78, 5) is 0. The Balaban J connectivity index is 2.44. The number of hydrogen-bond acceptors (Lipinski definition) is 1. The van der Waals surface area contributed by atoms with Crippen molar-refractivity contribution in [1.82, 2.24) is 0 Å². The fourth-order valence-corrected chi connectivity index (χ4v) is 3.14. The predicted molar refractivity (Wildman–Crippen MR) is 52.2 cm³/mol. The van der Waals surface area contributed by atoms with Gasteiger partial charge in [-0.1, -0.05) is 6.92 Å². The molecule has 1 aromatic carbocycles. The third-order valence-corrected chi connectivity index (χ3v) is 3.95. The van der Waals surface area contributed by atoms with Crippen molar-refractivity contribution in [3.63, 3.8) is 0 Å². The SMILES string of the molecule is CC1CC2(O)c3c(ccc(F)c31)C(F)(F)C2(F)F. The molecule has 0 aromatic heterocycles. The summed E-state index contributed by atoms with van der Waals surface area (Å²) in [7, 11) is 0. The van der Waals surface area contributed by atoms with E-state index in [4.69, 9.17) is 0 Å². The van der Waals surface area contributed by atoms with E-state index in [-0.39, 0.29) is 5.56 Å². The molecule has 2 aliphatic carbocycles. The molecule has 0 heterocycles. The van der Waals surface area contributed by atoms with E-state index in [1.165, 1.54) is 6.92 Å². The Morgan fingerprint density at radius 3 is 2.44 bits per heavy atom. The third-order valence-electron chi connectivity index (χ3n) is 3.95. The summed E-state index contributed by atoms with van der Waals surface area (Å²) in [5.41, 5.74) is -4.77. The zero-order chi connectivity index (χ0) is 13.5. The van der Waals surface area contributed by atoms with Gasteiger partial charge in [-0.3, -0.25) is 0 Å². The summed E-state index contributed by atoms with van der Waals surface area (Å²) >= 11 is 0. The topological polar surface area (TPSA) is 20.2 Å². The molecule has 0 spiro atoms. The first-order chi connectivity index (χ1) is 8.14.